The van der Waals surface area contributed by atoms with Crippen molar-refractivity contribution in [1.82, 2.24) is 4.90 Å². The fraction of sp³-hybridized carbons (Fsp3) is 0.421. The number of ether oxygens (including phenoxy) is 1. The minimum absolute atomic E-state index is 0.0193. The molecule has 0 saturated carbocycles. The number of hydrogen-bond acceptors (Lipinski definition) is 4. The Morgan fingerprint density at radius 1 is 1.08 bits per heavy atom. The Balaban J connectivity index is 1.99. The van der Waals surface area contributed by atoms with Gasteiger partial charge in [0.1, 0.15) is 0 Å². The Morgan fingerprint density at radius 3 is 2.16 bits per heavy atom. The molecule has 0 bridgehead atoms. The number of benzene rings is 1. The molecule has 2 rings (SSSR count). The van der Waals surface area contributed by atoms with E-state index in [0.29, 0.717) is 29.9 Å². The summed E-state index contributed by atoms with van der Waals surface area (Å²) in [5.41, 5.74) is 1.52. The van der Waals surface area contributed by atoms with E-state index < -0.39 is 0 Å². The van der Waals surface area contributed by atoms with Gasteiger partial charge in [-0.25, -0.2) is 0 Å². The molecule has 6 heteroatoms. The van der Waals surface area contributed by atoms with E-state index in [1.807, 2.05) is 13.8 Å². The van der Waals surface area contributed by atoms with Gasteiger partial charge in [-0.1, -0.05) is 0 Å². The molecule has 1 aromatic carbocycles. The Kier molecular flexibility index (Phi) is 6.09. The number of anilines is 1. The fourth-order valence-electron chi connectivity index (χ4n) is 2.82. The van der Waals surface area contributed by atoms with Gasteiger partial charge in [0.05, 0.1) is 12.2 Å². The molecule has 1 N–H and O–H groups in total. The predicted octanol–water partition coefficient (Wildman–Crippen LogP) is 2.41. The van der Waals surface area contributed by atoms with Gasteiger partial charge in [-0.3, -0.25) is 14.4 Å². The van der Waals surface area contributed by atoms with Crippen LogP contribution in [-0.4, -0.2) is 47.8 Å². The maximum Gasteiger partial charge on any atom is 0.249 e. The van der Waals surface area contributed by atoms with Crippen molar-refractivity contribution in [2.45, 2.75) is 39.9 Å². The normalized spacial score (nSPS) is 21.0. The van der Waals surface area contributed by atoms with Gasteiger partial charge in [0, 0.05) is 36.0 Å². The highest BCUT2D eigenvalue weighted by Gasteiger charge is 2.26. The fourth-order valence-corrected chi connectivity index (χ4v) is 2.82. The lowest BCUT2D eigenvalue weighted by molar-refractivity contribution is -0.139. The second kappa shape index (κ2) is 8.07. The number of carbonyl (C=O) groups is 3. The van der Waals surface area contributed by atoms with Crippen LogP contribution in [0.1, 0.15) is 38.1 Å². The number of amides is 2. The average Bonchev–Trinajstić information content (AvgIpc) is 2.53. The van der Waals surface area contributed by atoms with E-state index in [4.69, 9.17) is 4.74 Å². The van der Waals surface area contributed by atoms with Crippen LogP contribution in [0, 0.1) is 0 Å². The summed E-state index contributed by atoms with van der Waals surface area (Å²) in [6.45, 7) is 7.99. The third kappa shape index (κ3) is 5.26. The summed E-state index contributed by atoms with van der Waals surface area (Å²) in [6.07, 6.45) is 1.26. The molecule has 0 aliphatic carbocycles. The topological polar surface area (TPSA) is 75.7 Å². The number of carbonyl (C=O) groups excluding carboxylic acids is 3. The lowest BCUT2D eigenvalue weighted by atomic mass is 10.1. The summed E-state index contributed by atoms with van der Waals surface area (Å²) < 4.78 is 5.62. The molecule has 0 aromatic heterocycles. The highest BCUT2D eigenvalue weighted by Crippen LogP contribution is 2.14. The number of morpholine rings is 1. The minimum Gasteiger partial charge on any atom is -0.372 e. The number of nitrogens with zero attached hydrogens (tertiary/aromatic N) is 1. The third-order valence-electron chi connectivity index (χ3n) is 3.95. The number of rotatable bonds is 4. The molecular formula is C19H24N2O4. The van der Waals surface area contributed by atoms with Gasteiger partial charge in [0.2, 0.25) is 11.8 Å². The molecular weight excluding hydrogens is 320 g/mol. The third-order valence-corrected chi connectivity index (χ3v) is 3.95. The van der Waals surface area contributed by atoms with Gasteiger partial charge < -0.3 is 15.0 Å². The first-order valence-electron chi connectivity index (χ1n) is 8.31. The lowest BCUT2D eigenvalue weighted by Gasteiger charge is -2.35. The van der Waals surface area contributed by atoms with Gasteiger partial charge in [0.25, 0.3) is 0 Å². The van der Waals surface area contributed by atoms with Crippen LogP contribution in [0.15, 0.2) is 35.9 Å². The summed E-state index contributed by atoms with van der Waals surface area (Å²) in [4.78, 5) is 37.5. The Hall–Kier alpha value is -2.47. The Bertz CT molecular complexity index is 684. The van der Waals surface area contributed by atoms with Crippen LogP contribution in [0.4, 0.5) is 5.69 Å². The summed E-state index contributed by atoms with van der Waals surface area (Å²) >= 11 is 0. The molecule has 0 radical (unpaired) electrons. The van der Waals surface area contributed by atoms with E-state index in [1.54, 1.807) is 36.1 Å². The highest BCUT2D eigenvalue weighted by atomic mass is 16.5. The predicted molar refractivity (Wildman–Crippen MR) is 95.4 cm³/mol. The molecule has 1 aliphatic rings. The number of nitrogens with one attached hydrogen (secondary N) is 1. The molecule has 134 valence electrons. The zero-order valence-corrected chi connectivity index (χ0v) is 15.0. The molecule has 2 atom stereocenters. The summed E-state index contributed by atoms with van der Waals surface area (Å²) in [6, 6.07) is 6.61. The van der Waals surface area contributed by atoms with E-state index >= 15 is 0 Å². The Labute approximate surface area is 147 Å². The largest absolute Gasteiger partial charge is 0.372 e. The van der Waals surface area contributed by atoms with Crippen LogP contribution in [0.5, 0.6) is 0 Å². The van der Waals surface area contributed by atoms with Gasteiger partial charge in [0.15, 0.2) is 5.78 Å². The first-order valence-corrected chi connectivity index (χ1v) is 8.31. The van der Waals surface area contributed by atoms with Crippen molar-refractivity contribution in [1.29, 1.82) is 0 Å². The second-order valence-electron chi connectivity index (χ2n) is 6.42. The van der Waals surface area contributed by atoms with Crippen molar-refractivity contribution in [2.75, 3.05) is 18.4 Å². The van der Waals surface area contributed by atoms with E-state index in [1.165, 1.54) is 13.0 Å². The molecule has 1 fully saturated rings. The average molecular weight is 344 g/mol. The van der Waals surface area contributed by atoms with Crippen molar-refractivity contribution in [3.8, 4) is 0 Å². The maximum atomic E-state index is 12.5. The van der Waals surface area contributed by atoms with Crippen molar-refractivity contribution >= 4 is 23.3 Å². The van der Waals surface area contributed by atoms with Crippen molar-refractivity contribution in [2.24, 2.45) is 0 Å². The van der Waals surface area contributed by atoms with E-state index in [9.17, 15) is 14.4 Å². The van der Waals surface area contributed by atoms with Gasteiger partial charge >= 0.3 is 0 Å². The zero-order valence-electron chi connectivity index (χ0n) is 15.0. The summed E-state index contributed by atoms with van der Waals surface area (Å²) in [5, 5.41) is 2.69. The highest BCUT2D eigenvalue weighted by molar-refractivity contribution is 6.06. The molecule has 1 heterocycles. The quantitative estimate of drug-likeness (QED) is 0.672. The molecule has 2 amide bonds. The Morgan fingerprint density at radius 2 is 1.64 bits per heavy atom. The second-order valence-corrected chi connectivity index (χ2v) is 6.42. The minimum atomic E-state index is -0.379. The first kappa shape index (κ1) is 18.9. The van der Waals surface area contributed by atoms with E-state index in [2.05, 4.69) is 5.32 Å². The SMILES string of the molecule is CC(=O)c1ccc(NC(=O)/C=C(/C)C(=O)N2CC(C)OC(C)C2)cc1. The lowest BCUT2D eigenvalue weighted by Crippen LogP contribution is -2.48. The molecule has 1 aliphatic heterocycles. The van der Waals surface area contributed by atoms with Crippen molar-refractivity contribution < 1.29 is 19.1 Å². The molecule has 25 heavy (non-hydrogen) atoms. The number of ketones is 1. The first-order chi connectivity index (χ1) is 11.8. The van der Waals surface area contributed by atoms with Crippen LogP contribution in [0.25, 0.3) is 0 Å². The standard InChI is InChI=1S/C19H24N2O4/c1-12(19(24)21-10-13(2)25-14(3)11-21)9-18(23)20-17-7-5-16(6-8-17)15(4)22/h5-9,13-14H,10-11H2,1-4H3,(H,20,23)/b12-9-. The molecule has 1 saturated heterocycles. The number of Topliss-reactive ketones (excluding diaryl/α,β-unsaturated/α-hetero) is 1. The molecule has 0 spiro atoms. The number of hydrogen-bond donors (Lipinski definition) is 1. The van der Waals surface area contributed by atoms with Crippen LogP contribution in [0.2, 0.25) is 0 Å². The van der Waals surface area contributed by atoms with Crippen molar-refractivity contribution in [3.05, 3.63) is 41.5 Å². The summed E-state index contributed by atoms with van der Waals surface area (Å²) in [5.74, 6) is -0.576. The van der Waals surface area contributed by atoms with Gasteiger partial charge in [-0.2, -0.15) is 0 Å². The van der Waals surface area contributed by atoms with E-state index in [0.717, 1.165) is 0 Å². The van der Waals surface area contributed by atoms with Crippen molar-refractivity contribution in [3.63, 3.8) is 0 Å². The summed E-state index contributed by atoms with van der Waals surface area (Å²) in [7, 11) is 0. The molecule has 2 unspecified atom stereocenters. The van der Waals surface area contributed by atoms with E-state index in [-0.39, 0.29) is 29.8 Å². The van der Waals surface area contributed by atoms with Crippen LogP contribution in [0.3, 0.4) is 0 Å². The van der Waals surface area contributed by atoms with Crippen LogP contribution >= 0.6 is 0 Å². The van der Waals surface area contributed by atoms with Crippen LogP contribution in [-0.2, 0) is 14.3 Å². The van der Waals surface area contributed by atoms with Crippen LogP contribution < -0.4 is 5.32 Å². The maximum absolute atomic E-state index is 12.5. The smallest absolute Gasteiger partial charge is 0.249 e. The molecule has 1 aromatic rings. The monoisotopic (exact) mass is 344 g/mol. The molecule has 6 nitrogen and oxygen atoms in total. The van der Waals surface area contributed by atoms with Gasteiger partial charge in [-0.05, 0) is 52.0 Å². The van der Waals surface area contributed by atoms with Gasteiger partial charge in [-0.15, -0.1) is 0 Å². The zero-order chi connectivity index (χ0) is 18.6.